The zero-order valence-electron chi connectivity index (χ0n) is 10.2. The molecule has 0 aliphatic carbocycles. The second-order valence-corrected chi connectivity index (χ2v) is 4.89. The third-order valence-electron chi connectivity index (χ3n) is 3.13. The Morgan fingerprint density at radius 2 is 2.29 bits per heavy atom. The van der Waals surface area contributed by atoms with Crippen LogP contribution in [0.5, 0.6) is 0 Å². The van der Waals surface area contributed by atoms with Gasteiger partial charge in [-0.1, -0.05) is 0 Å². The van der Waals surface area contributed by atoms with E-state index in [0.717, 1.165) is 12.0 Å². The van der Waals surface area contributed by atoms with Crippen LogP contribution in [0.25, 0.3) is 0 Å². The van der Waals surface area contributed by atoms with Gasteiger partial charge in [0.2, 0.25) is 0 Å². The van der Waals surface area contributed by atoms with Gasteiger partial charge in [0.05, 0.1) is 12.1 Å². The highest BCUT2D eigenvalue weighted by molar-refractivity contribution is 5.96. The van der Waals surface area contributed by atoms with Crippen LogP contribution in [0.15, 0.2) is 18.2 Å². The molecular weight excluding hydrogens is 216 g/mol. The highest BCUT2D eigenvalue weighted by atomic mass is 16.5. The Balaban J connectivity index is 2.14. The summed E-state index contributed by atoms with van der Waals surface area (Å²) in [5.74, 6) is -0.0597. The highest BCUT2D eigenvalue weighted by Crippen LogP contribution is 2.19. The second kappa shape index (κ2) is 4.37. The number of rotatable bonds is 2. The van der Waals surface area contributed by atoms with Gasteiger partial charge in [-0.25, -0.2) is 0 Å². The molecule has 1 heterocycles. The lowest BCUT2D eigenvalue weighted by Crippen LogP contribution is -2.46. The fourth-order valence-corrected chi connectivity index (χ4v) is 2.05. The smallest absolute Gasteiger partial charge is 0.252 e. The van der Waals surface area contributed by atoms with Crippen LogP contribution in [0.4, 0.5) is 5.69 Å². The van der Waals surface area contributed by atoms with Crippen molar-refractivity contribution in [2.24, 2.45) is 0 Å². The lowest BCUT2D eigenvalue weighted by atomic mass is 10.00. The van der Waals surface area contributed by atoms with Gasteiger partial charge in [0.1, 0.15) is 0 Å². The van der Waals surface area contributed by atoms with Crippen molar-refractivity contribution in [1.82, 2.24) is 5.32 Å². The molecule has 1 aliphatic heterocycles. The molecule has 1 fully saturated rings. The number of carbonyl (C=O) groups excluding carboxylic acids is 1. The minimum atomic E-state index is -0.245. The van der Waals surface area contributed by atoms with Crippen LogP contribution in [-0.4, -0.2) is 24.7 Å². The van der Waals surface area contributed by atoms with Crippen molar-refractivity contribution in [2.45, 2.75) is 25.8 Å². The lowest BCUT2D eigenvalue weighted by Gasteiger charge is -2.24. The van der Waals surface area contributed by atoms with Crippen molar-refractivity contribution in [3.05, 3.63) is 29.3 Å². The molecule has 0 radical (unpaired) electrons. The van der Waals surface area contributed by atoms with Crippen LogP contribution in [0.1, 0.15) is 29.3 Å². The van der Waals surface area contributed by atoms with Crippen molar-refractivity contribution in [3.8, 4) is 0 Å². The van der Waals surface area contributed by atoms with Crippen molar-refractivity contribution >= 4 is 11.6 Å². The first-order valence-electron chi connectivity index (χ1n) is 5.77. The number of aryl methyl sites for hydroxylation is 1. The molecule has 1 unspecified atom stereocenters. The molecule has 1 atom stereocenters. The third-order valence-corrected chi connectivity index (χ3v) is 3.13. The van der Waals surface area contributed by atoms with Gasteiger partial charge in [-0.05, 0) is 44.0 Å². The van der Waals surface area contributed by atoms with Gasteiger partial charge in [0, 0.05) is 17.9 Å². The summed E-state index contributed by atoms with van der Waals surface area (Å²) in [5, 5.41) is 3.03. The van der Waals surface area contributed by atoms with E-state index in [2.05, 4.69) is 5.32 Å². The Labute approximate surface area is 101 Å². The number of hydrogen-bond donors (Lipinski definition) is 2. The van der Waals surface area contributed by atoms with Gasteiger partial charge in [0.15, 0.2) is 0 Å². The monoisotopic (exact) mass is 234 g/mol. The van der Waals surface area contributed by atoms with Crippen LogP contribution >= 0.6 is 0 Å². The average molecular weight is 234 g/mol. The topological polar surface area (TPSA) is 64.4 Å². The first-order chi connectivity index (χ1) is 8.00. The van der Waals surface area contributed by atoms with Gasteiger partial charge in [-0.3, -0.25) is 4.79 Å². The van der Waals surface area contributed by atoms with Gasteiger partial charge in [0.25, 0.3) is 5.91 Å². The molecule has 4 nitrogen and oxygen atoms in total. The minimum Gasteiger partial charge on any atom is -0.399 e. The van der Waals surface area contributed by atoms with E-state index in [9.17, 15) is 4.79 Å². The van der Waals surface area contributed by atoms with E-state index in [-0.39, 0.29) is 11.4 Å². The summed E-state index contributed by atoms with van der Waals surface area (Å²) in [6.07, 6.45) is 0.854. The van der Waals surface area contributed by atoms with E-state index in [1.54, 1.807) is 12.1 Å². The molecule has 92 valence electrons. The van der Waals surface area contributed by atoms with E-state index in [1.807, 2.05) is 19.9 Å². The Morgan fingerprint density at radius 3 is 2.88 bits per heavy atom. The van der Waals surface area contributed by atoms with E-state index in [0.29, 0.717) is 24.5 Å². The Hall–Kier alpha value is -1.55. The fourth-order valence-electron chi connectivity index (χ4n) is 2.05. The van der Waals surface area contributed by atoms with Crippen molar-refractivity contribution in [3.63, 3.8) is 0 Å². The number of benzene rings is 1. The van der Waals surface area contributed by atoms with E-state index < -0.39 is 0 Å². The Bertz CT molecular complexity index is 437. The molecule has 3 N–H and O–H groups in total. The zero-order chi connectivity index (χ0) is 12.5. The summed E-state index contributed by atoms with van der Waals surface area (Å²) >= 11 is 0. The number of nitrogens with one attached hydrogen (secondary N) is 1. The second-order valence-electron chi connectivity index (χ2n) is 4.89. The van der Waals surface area contributed by atoms with Crippen molar-refractivity contribution < 1.29 is 9.53 Å². The number of carbonyl (C=O) groups is 1. The first kappa shape index (κ1) is 11.9. The van der Waals surface area contributed by atoms with Crippen LogP contribution < -0.4 is 11.1 Å². The first-order valence-corrected chi connectivity index (χ1v) is 5.77. The number of ether oxygens (including phenoxy) is 1. The SMILES string of the molecule is Cc1cc(N)ccc1C(=O)NC1(C)CCOC1. The Kier molecular flexibility index (Phi) is 3.07. The van der Waals surface area contributed by atoms with Gasteiger partial charge < -0.3 is 15.8 Å². The minimum absolute atomic E-state index is 0.0597. The van der Waals surface area contributed by atoms with Crippen molar-refractivity contribution in [2.75, 3.05) is 18.9 Å². The summed E-state index contributed by atoms with van der Waals surface area (Å²) in [4.78, 5) is 12.1. The maximum Gasteiger partial charge on any atom is 0.252 e. The normalized spacial score (nSPS) is 23.6. The average Bonchev–Trinajstić information content (AvgIpc) is 2.64. The number of anilines is 1. The molecule has 1 aromatic rings. The molecule has 0 aromatic heterocycles. The maximum absolute atomic E-state index is 12.1. The molecule has 2 rings (SSSR count). The fraction of sp³-hybridized carbons (Fsp3) is 0.462. The van der Waals surface area contributed by atoms with Crippen LogP contribution in [0.3, 0.4) is 0 Å². The summed E-state index contributed by atoms with van der Waals surface area (Å²) in [5.41, 5.74) is 7.66. The lowest BCUT2D eigenvalue weighted by molar-refractivity contribution is 0.0889. The molecular formula is C13H18N2O2. The number of nitrogens with two attached hydrogens (primary N) is 1. The largest absolute Gasteiger partial charge is 0.399 e. The molecule has 1 aromatic carbocycles. The quantitative estimate of drug-likeness (QED) is 0.762. The number of nitrogen functional groups attached to an aromatic ring is 1. The molecule has 1 aliphatic rings. The molecule has 4 heteroatoms. The molecule has 17 heavy (non-hydrogen) atoms. The van der Waals surface area contributed by atoms with Crippen LogP contribution in [0.2, 0.25) is 0 Å². The highest BCUT2D eigenvalue weighted by Gasteiger charge is 2.31. The van der Waals surface area contributed by atoms with Gasteiger partial charge in [-0.2, -0.15) is 0 Å². The standard InChI is InChI=1S/C13H18N2O2/c1-9-7-10(14)3-4-11(9)12(16)15-13(2)5-6-17-8-13/h3-4,7H,5-6,8,14H2,1-2H3,(H,15,16). The summed E-state index contributed by atoms with van der Waals surface area (Å²) in [6, 6.07) is 5.32. The predicted molar refractivity (Wildman–Crippen MR) is 66.9 cm³/mol. The predicted octanol–water partition coefficient (Wildman–Crippen LogP) is 1.49. The van der Waals surface area contributed by atoms with E-state index >= 15 is 0 Å². The molecule has 1 amide bonds. The van der Waals surface area contributed by atoms with Gasteiger partial charge >= 0.3 is 0 Å². The van der Waals surface area contributed by atoms with E-state index in [1.165, 1.54) is 0 Å². The molecule has 0 bridgehead atoms. The van der Waals surface area contributed by atoms with Crippen LogP contribution in [0, 0.1) is 6.92 Å². The molecule has 0 spiro atoms. The van der Waals surface area contributed by atoms with Gasteiger partial charge in [-0.15, -0.1) is 0 Å². The third kappa shape index (κ3) is 2.58. The van der Waals surface area contributed by atoms with Crippen LogP contribution in [-0.2, 0) is 4.74 Å². The number of amides is 1. The molecule has 0 saturated carbocycles. The van der Waals surface area contributed by atoms with Crippen molar-refractivity contribution in [1.29, 1.82) is 0 Å². The zero-order valence-corrected chi connectivity index (χ0v) is 10.2. The Morgan fingerprint density at radius 1 is 1.53 bits per heavy atom. The summed E-state index contributed by atoms with van der Waals surface area (Å²) in [6.45, 7) is 5.17. The summed E-state index contributed by atoms with van der Waals surface area (Å²) < 4.78 is 5.31. The van der Waals surface area contributed by atoms with E-state index in [4.69, 9.17) is 10.5 Å². The number of hydrogen-bond acceptors (Lipinski definition) is 3. The maximum atomic E-state index is 12.1. The molecule has 1 saturated heterocycles. The summed E-state index contributed by atoms with van der Waals surface area (Å²) in [7, 11) is 0.